The Bertz CT molecular complexity index is 1370. The first-order chi connectivity index (χ1) is 17.2. The van der Waals surface area contributed by atoms with Crippen molar-refractivity contribution in [2.24, 2.45) is 0 Å². The summed E-state index contributed by atoms with van der Waals surface area (Å²) in [6, 6.07) is 18.4. The zero-order chi connectivity index (χ0) is 25.8. The van der Waals surface area contributed by atoms with E-state index in [-0.39, 0.29) is 18.1 Å². The first kappa shape index (κ1) is 26.0. The van der Waals surface area contributed by atoms with Gasteiger partial charge in [0, 0.05) is 26.3 Å². The minimum atomic E-state index is -0.530. The van der Waals surface area contributed by atoms with Crippen LogP contribution in [0.3, 0.4) is 0 Å². The van der Waals surface area contributed by atoms with Gasteiger partial charge in [0.25, 0.3) is 11.1 Å². The lowest BCUT2D eigenvalue weighted by molar-refractivity contribution is -0.127. The van der Waals surface area contributed by atoms with E-state index in [1.807, 2.05) is 56.3 Å². The summed E-state index contributed by atoms with van der Waals surface area (Å²) in [4.78, 5) is 39.3. The molecule has 0 radical (unpaired) electrons. The average molecular weight is 586 g/mol. The van der Waals surface area contributed by atoms with Crippen molar-refractivity contribution in [1.29, 1.82) is 0 Å². The van der Waals surface area contributed by atoms with Gasteiger partial charge in [-0.05, 0) is 79.2 Å². The number of ether oxygens (including phenoxy) is 1. The molecule has 1 N–H and O–H groups in total. The summed E-state index contributed by atoms with van der Waals surface area (Å²) in [6.45, 7) is 3.72. The standard InChI is InChI=1S/C27H22BrClN2O4S/c1-16-9-17(2)11-21(10-16)30-25(32)14-31-26(33)24(36-27(31)34)13-19-12-20(28)7-8-23(19)35-15-18-5-3-4-6-22(18)29/h3-13H,14-15H2,1-2H3,(H,30,32)/b24-13+. The summed E-state index contributed by atoms with van der Waals surface area (Å²) in [7, 11) is 0. The Morgan fingerprint density at radius 3 is 2.53 bits per heavy atom. The van der Waals surface area contributed by atoms with Crippen LogP contribution in [-0.4, -0.2) is 28.5 Å². The second-order valence-electron chi connectivity index (χ2n) is 8.25. The highest BCUT2D eigenvalue weighted by molar-refractivity contribution is 9.10. The van der Waals surface area contributed by atoms with Crippen LogP contribution in [0.5, 0.6) is 5.75 Å². The Balaban J connectivity index is 1.49. The second kappa shape index (κ2) is 11.3. The van der Waals surface area contributed by atoms with Crippen LogP contribution in [0.25, 0.3) is 6.08 Å². The van der Waals surface area contributed by atoms with E-state index in [0.717, 1.165) is 37.8 Å². The summed E-state index contributed by atoms with van der Waals surface area (Å²) in [5.74, 6) is -0.454. The lowest BCUT2D eigenvalue weighted by Crippen LogP contribution is -2.36. The molecule has 1 aliphatic rings. The molecule has 1 aliphatic heterocycles. The van der Waals surface area contributed by atoms with E-state index in [4.69, 9.17) is 16.3 Å². The van der Waals surface area contributed by atoms with E-state index in [2.05, 4.69) is 21.2 Å². The third kappa shape index (κ3) is 6.37. The van der Waals surface area contributed by atoms with Crippen LogP contribution in [0.4, 0.5) is 10.5 Å². The maximum Gasteiger partial charge on any atom is 0.294 e. The number of halogens is 2. The number of hydrogen-bond donors (Lipinski definition) is 1. The number of aryl methyl sites for hydroxylation is 2. The predicted molar refractivity (Wildman–Crippen MR) is 147 cm³/mol. The van der Waals surface area contributed by atoms with Crippen molar-refractivity contribution in [2.75, 3.05) is 11.9 Å². The molecule has 0 aromatic heterocycles. The number of thioether (sulfide) groups is 1. The van der Waals surface area contributed by atoms with Gasteiger partial charge in [0.2, 0.25) is 5.91 Å². The van der Waals surface area contributed by atoms with Gasteiger partial charge in [-0.2, -0.15) is 0 Å². The number of carbonyl (C=O) groups excluding carboxylic acids is 3. The lowest BCUT2D eigenvalue weighted by Gasteiger charge is -2.13. The van der Waals surface area contributed by atoms with E-state index in [0.29, 0.717) is 22.0 Å². The highest BCUT2D eigenvalue weighted by atomic mass is 79.9. The molecule has 36 heavy (non-hydrogen) atoms. The topological polar surface area (TPSA) is 75.7 Å². The molecule has 0 saturated carbocycles. The normalized spacial score (nSPS) is 14.4. The summed E-state index contributed by atoms with van der Waals surface area (Å²) < 4.78 is 6.76. The zero-order valence-electron chi connectivity index (χ0n) is 19.5. The van der Waals surface area contributed by atoms with Crippen molar-refractivity contribution in [3.8, 4) is 5.75 Å². The summed E-state index contributed by atoms with van der Waals surface area (Å²) in [5, 5.41) is 2.85. The molecule has 0 spiro atoms. The molecule has 0 aliphatic carbocycles. The molecule has 3 aromatic rings. The molecular formula is C27H22BrClN2O4S. The summed E-state index contributed by atoms with van der Waals surface area (Å²) in [6.07, 6.45) is 1.60. The number of anilines is 1. The van der Waals surface area contributed by atoms with Gasteiger partial charge < -0.3 is 10.1 Å². The SMILES string of the molecule is Cc1cc(C)cc(NC(=O)CN2C(=O)S/C(=C/c3cc(Br)ccc3OCc3ccccc3Cl)C2=O)c1. The number of hydrogen-bond acceptors (Lipinski definition) is 5. The van der Waals surface area contributed by atoms with Crippen molar-refractivity contribution in [2.45, 2.75) is 20.5 Å². The second-order valence-corrected chi connectivity index (χ2v) is 10.6. The van der Waals surface area contributed by atoms with Crippen LogP contribution in [0, 0.1) is 13.8 Å². The van der Waals surface area contributed by atoms with Crippen molar-refractivity contribution in [3.63, 3.8) is 0 Å². The monoisotopic (exact) mass is 584 g/mol. The summed E-state index contributed by atoms with van der Waals surface area (Å²) >= 11 is 10.5. The van der Waals surface area contributed by atoms with Gasteiger partial charge in [-0.25, -0.2) is 0 Å². The first-order valence-electron chi connectivity index (χ1n) is 11.0. The highest BCUT2D eigenvalue weighted by Gasteiger charge is 2.36. The molecule has 0 unspecified atom stereocenters. The fraction of sp³-hybridized carbons (Fsp3) is 0.148. The Morgan fingerprint density at radius 2 is 1.81 bits per heavy atom. The molecule has 184 valence electrons. The summed E-state index contributed by atoms with van der Waals surface area (Å²) in [5.41, 5.74) is 4.06. The molecule has 9 heteroatoms. The molecular weight excluding hydrogens is 564 g/mol. The predicted octanol–water partition coefficient (Wildman–Crippen LogP) is 6.97. The van der Waals surface area contributed by atoms with Crippen molar-refractivity contribution < 1.29 is 19.1 Å². The highest BCUT2D eigenvalue weighted by Crippen LogP contribution is 2.35. The fourth-order valence-corrected chi connectivity index (χ4v) is 5.10. The number of nitrogens with zero attached hydrogens (tertiary/aromatic N) is 1. The van der Waals surface area contributed by atoms with Crippen molar-refractivity contribution in [3.05, 3.63) is 97.3 Å². The van der Waals surface area contributed by atoms with Crippen molar-refractivity contribution in [1.82, 2.24) is 4.90 Å². The van der Waals surface area contributed by atoms with Crippen LogP contribution in [0.15, 0.2) is 70.0 Å². The number of carbonyl (C=O) groups is 3. The van der Waals surface area contributed by atoms with Crippen LogP contribution >= 0.6 is 39.3 Å². The van der Waals surface area contributed by atoms with E-state index in [9.17, 15) is 14.4 Å². The lowest BCUT2D eigenvalue weighted by atomic mass is 10.1. The Morgan fingerprint density at radius 1 is 1.08 bits per heavy atom. The average Bonchev–Trinajstić information content (AvgIpc) is 3.06. The Kier molecular flexibility index (Phi) is 8.18. The number of imide groups is 1. The van der Waals surface area contributed by atoms with E-state index in [1.54, 1.807) is 24.3 Å². The molecule has 3 amide bonds. The molecule has 1 heterocycles. The Hall–Kier alpha value is -3.07. The van der Waals surface area contributed by atoms with Crippen LogP contribution in [-0.2, 0) is 16.2 Å². The van der Waals surface area contributed by atoms with Gasteiger partial charge >= 0.3 is 0 Å². The molecule has 1 saturated heterocycles. The van der Waals surface area contributed by atoms with Crippen molar-refractivity contribution >= 4 is 68.1 Å². The Labute approximate surface area is 226 Å². The van der Waals surface area contributed by atoms with Gasteiger partial charge in [0.1, 0.15) is 18.9 Å². The molecule has 3 aromatic carbocycles. The largest absolute Gasteiger partial charge is 0.488 e. The first-order valence-corrected chi connectivity index (χ1v) is 13.0. The fourth-order valence-electron chi connectivity index (χ4n) is 3.70. The number of amides is 3. The van der Waals surface area contributed by atoms with E-state index >= 15 is 0 Å². The number of rotatable bonds is 7. The minimum Gasteiger partial charge on any atom is -0.488 e. The van der Waals surface area contributed by atoms with Gasteiger partial charge in [-0.15, -0.1) is 0 Å². The maximum atomic E-state index is 13.0. The van der Waals surface area contributed by atoms with Gasteiger partial charge in [-0.1, -0.05) is 51.8 Å². The quantitative estimate of drug-likeness (QED) is 0.303. The smallest absolute Gasteiger partial charge is 0.294 e. The van der Waals surface area contributed by atoms with Crippen LogP contribution in [0.1, 0.15) is 22.3 Å². The molecule has 0 atom stereocenters. The maximum absolute atomic E-state index is 13.0. The van der Waals surface area contributed by atoms with Gasteiger partial charge in [-0.3, -0.25) is 19.3 Å². The van der Waals surface area contributed by atoms with E-state index < -0.39 is 17.1 Å². The number of benzene rings is 3. The minimum absolute atomic E-state index is 0.208. The van der Waals surface area contributed by atoms with Gasteiger partial charge in [0.05, 0.1) is 4.91 Å². The van der Waals surface area contributed by atoms with E-state index in [1.165, 1.54) is 0 Å². The van der Waals surface area contributed by atoms with Crippen LogP contribution < -0.4 is 10.1 Å². The molecule has 0 bridgehead atoms. The third-order valence-corrected chi connectivity index (χ3v) is 7.05. The third-order valence-electron chi connectivity index (χ3n) is 5.28. The zero-order valence-corrected chi connectivity index (χ0v) is 22.7. The molecule has 4 rings (SSSR count). The van der Waals surface area contributed by atoms with Gasteiger partial charge in [0.15, 0.2) is 0 Å². The number of nitrogens with one attached hydrogen (secondary N) is 1. The van der Waals surface area contributed by atoms with Crippen LogP contribution in [0.2, 0.25) is 5.02 Å². The molecule has 1 fully saturated rings. The molecule has 6 nitrogen and oxygen atoms in total.